The standard InChI is InChI=1S/C29H22N4O8S/c1-3-40-28(35)25-17(2)30-29-31(26(25)19-7-5-4-6-8-19)27(34)24(42-29)15-18-9-12-21(13-10-18)41-23-14-11-20(32(36)37)16-22(23)33(38)39/h4-16,26H,3H2,1-2H3/b24-15-/t26-/m0/s1. The largest absolute Gasteiger partial charge is 0.463 e. The van der Waals surface area contributed by atoms with Crippen LogP contribution in [0.4, 0.5) is 11.4 Å². The first-order chi connectivity index (χ1) is 20.2. The summed E-state index contributed by atoms with van der Waals surface area (Å²) in [5, 5.41) is 22.4. The van der Waals surface area contributed by atoms with Crippen LogP contribution >= 0.6 is 11.3 Å². The van der Waals surface area contributed by atoms with Crippen molar-refractivity contribution >= 4 is 34.8 Å². The fourth-order valence-corrected chi connectivity index (χ4v) is 5.55. The Labute approximate surface area is 241 Å². The summed E-state index contributed by atoms with van der Waals surface area (Å²) in [6.07, 6.45) is 1.67. The van der Waals surface area contributed by atoms with Crippen LogP contribution in [0.2, 0.25) is 0 Å². The summed E-state index contributed by atoms with van der Waals surface area (Å²) in [6, 6.07) is 18.0. The number of hydrogen-bond acceptors (Lipinski definition) is 10. The molecule has 0 spiro atoms. The third-order valence-corrected chi connectivity index (χ3v) is 7.37. The van der Waals surface area contributed by atoms with Crippen LogP contribution < -0.4 is 19.6 Å². The molecule has 0 amide bonds. The van der Waals surface area contributed by atoms with Crippen molar-refractivity contribution in [3.05, 3.63) is 135 Å². The SMILES string of the molecule is CCOC(=O)C1=C(C)N=c2s/c(=C\c3ccc(Oc4ccc([N+](=O)[O-])cc4[N+](=O)[O-])cc3)c(=O)n2[C@H]1c1ccccc1. The van der Waals surface area contributed by atoms with Crippen molar-refractivity contribution < 1.29 is 24.1 Å². The quantitative estimate of drug-likeness (QED) is 0.167. The second kappa shape index (κ2) is 11.6. The van der Waals surface area contributed by atoms with Gasteiger partial charge in [0, 0.05) is 6.07 Å². The first kappa shape index (κ1) is 28.1. The van der Waals surface area contributed by atoms with Gasteiger partial charge in [-0.2, -0.15) is 0 Å². The minimum atomic E-state index is -0.756. The van der Waals surface area contributed by atoms with E-state index in [0.29, 0.717) is 26.2 Å². The molecule has 0 aliphatic carbocycles. The van der Waals surface area contributed by atoms with Gasteiger partial charge in [0.2, 0.25) is 5.75 Å². The smallest absolute Gasteiger partial charge is 0.338 e. The van der Waals surface area contributed by atoms with Crippen molar-refractivity contribution in [1.82, 2.24) is 4.57 Å². The summed E-state index contributed by atoms with van der Waals surface area (Å²) in [4.78, 5) is 52.5. The average molecular weight is 587 g/mol. The molecule has 12 nitrogen and oxygen atoms in total. The molecule has 0 fully saturated rings. The third kappa shape index (κ3) is 5.45. The Balaban J connectivity index is 1.50. The number of esters is 1. The Kier molecular flexibility index (Phi) is 7.76. The number of hydrogen-bond donors (Lipinski definition) is 0. The first-order valence-electron chi connectivity index (χ1n) is 12.6. The summed E-state index contributed by atoms with van der Waals surface area (Å²) in [5.74, 6) is -0.435. The number of allylic oxidation sites excluding steroid dienone is 1. The zero-order chi connectivity index (χ0) is 30.0. The predicted molar refractivity (Wildman–Crippen MR) is 153 cm³/mol. The van der Waals surface area contributed by atoms with Gasteiger partial charge in [0.25, 0.3) is 11.2 Å². The molecule has 4 aromatic rings. The van der Waals surface area contributed by atoms with Crippen LogP contribution in [0, 0.1) is 20.2 Å². The number of non-ortho nitro benzene ring substituents is 1. The number of nitrogens with zero attached hydrogens (tertiary/aromatic N) is 4. The number of carbonyl (C=O) groups excluding carboxylic acids is 1. The van der Waals surface area contributed by atoms with Crippen LogP contribution in [0.15, 0.2) is 93.9 Å². The van der Waals surface area contributed by atoms with Gasteiger partial charge in [-0.05, 0) is 49.2 Å². The number of aromatic nitrogens is 1. The highest BCUT2D eigenvalue weighted by Crippen LogP contribution is 2.34. The summed E-state index contributed by atoms with van der Waals surface area (Å²) < 4.78 is 12.8. The van der Waals surface area contributed by atoms with Crippen LogP contribution in [-0.2, 0) is 9.53 Å². The molecule has 42 heavy (non-hydrogen) atoms. The van der Waals surface area contributed by atoms with E-state index in [1.165, 1.54) is 22.0 Å². The molecule has 2 heterocycles. The second-order valence-electron chi connectivity index (χ2n) is 9.05. The van der Waals surface area contributed by atoms with Gasteiger partial charge in [-0.3, -0.25) is 29.6 Å². The van der Waals surface area contributed by atoms with Gasteiger partial charge >= 0.3 is 11.7 Å². The molecule has 0 radical (unpaired) electrons. The molecule has 0 saturated carbocycles. The summed E-state index contributed by atoms with van der Waals surface area (Å²) in [6.45, 7) is 3.61. The molecule has 1 atom stereocenters. The minimum Gasteiger partial charge on any atom is -0.463 e. The molecule has 0 N–H and O–H groups in total. The highest BCUT2D eigenvalue weighted by molar-refractivity contribution is 7.07. The van der Waals surface area contributed by atoms with E-state index in [0.717, 1.165) is 17.7 Å². The van der Waals surface area contributed by atoms with Crippen molar-refractivity contribution in [2.75, 3.05) is 6.61 Å². The lowest BCUT2D eigenvalue weighted by molar-refractivity contribution is -0.394. The van der Waals surface area contributed by atoms with Crippen molar-refractivity contribution in [3.8, 4) is 11.5 Å². The number of nitro groups is 2. The molecular formula is C29H22N4O8S. The molecular weight excluding hydrogens is 564 g/mol. The van der Waals surface area contributed by atoms with Crippen molar-refractivity contribution in [1.29, 1.82) is 0 Å². The zero-order valence-electron chi connectivity index (χ0n) is 22.3. The van der Waals surface area contributed by atoms with Gasteiger partial charge in [-0.25, -0.2) is 9.79 Å². The predicted octanol–water partition coefficient (Wildman–Crippen LogP) is 4.41. The van der Waals surface area contributed by atoms with Gasteiger partial charge in [-0.1, -0.05) is 53.8 Å². The van der Waals surface area contributed by atoms with E-state index in [-0.39, 0.29) is 23.7 Å². The number of benzene rings is 3. The molecule has 0 bridgehead atoms. The van der Waals surface area contributed by atoms with Crippen molar-refractivity contribution in [2.45, 2.75) is 19.9 Å². The summed E-state index contributed by atoms with van der Waals surface area (Å²) >= 11 is 1.18. The molecule has 0 saturated heterocycles. The van der Waals surface area contributed by atoms with E-state index in [4.69, 9.17) is 9.47 Å². The van der Waals surface area contributed by atoms with E-state index < -0.39 is 33.2 Å². The zero-order valence-corrected chi connectivity index (χ0v) is 23.1. The summed E-state index contributed by atoms with van der Waals surface area (Å²) in [5.41, 5.74) is 0.849. The van der Waals surface area contributed by atoms with Gasteiger partial charge in [0.15, 0.2) is 4.80 Å². The Bertz CT molecular complexity index is 1930. The van der Waals surface area contributed by atoms with E-state index in [2.05, 4.69) is 4.99 Å². The fraction of sp³-hybridized carbons (Fsp3) is 0.138. The lowest BCUT2D eigenvalue weighted by Gasteiger charge is -2.24. The van der Waals surface area contributed by atoms with E-state index in [1.54, 1.807) is 44.2 Å². The number of nitro benzene ring substituents is 2. The number of ether oxygens (including phenoxy) is 2. The molecule has 1 aromatic heterocycles. The number of rotatable bonds is 8. The molecule has 0 unspecified atom stereocenters. The van der Waals surface area contributed by atoms with Crippen LogP contribution in [0.1, 0.15) is 31.0 Å². The normalized spacial score (nSPS) is 14.6. The maximum absolute atomic E-state index is 13.7. The molecule has 1 aliphatic rings. The Morgan fingerprint density at radius 2 is 1.76 bits per heavy atom. The number of carbonyl (C=O) groups is 1. The maximum atomic E-state index is 13.7. The third-order valence-electron chi connectivity index (χ3n) is 6.39. The summed E-state index contributed by atoms with van der Waals surface area (Å²) in [7, 11) is 0. The van der Waals surface area contributed by atoms with Crippen molar-refractivity contribution in [3.63, 3.8) is 0 Å². The molecule has 212 valence electrons. The second-order valence-corrected chi connectivity index (χ2v) is 10.1. The lowest BCUT2D eigenvalue weighted by Crippen LogP contribution is -2.39. The fourth-order valence-electron chi connectivity index (χ4n) is 4.50. The highest BCUT2D eigenvalue weighted by atomic mass is 32.1. The highest BCUT2D eigenvalue weighted by Gasteiger charge is 2.33. The average Bonchev–Trinajstić information content (AvgIpc) is 3.27. The number of fused-ring (bicyclic) bond motifs is 1. The lowest BCUT2D eigenvalue weighted by atomic mass is 9.96. The topological polar surface area (TPSA) is 156 Å². The maximum Gasteiger partial charge on any atom is 0.338 e. The molecule has 5 rings (SSSR count). The Morgan fingerprint density at radius 3 is 2.40 bits per heavy atom. The monoisotopic (exact) mass is 586 g/mol. The van der Waals surface area contributed by atoms with E-state index in [1.807, 2.05) is 30.3 Å². The number of thiazole rings is 1. The van der Waals surface area contributed by atoms with Crippen molar-refractivity contribution in [2.24, 2.45) is 4.99 Å². The molecule has 3 aromatic carbocycles. The first-order valence-corrected chi connectivity index (χ1v) is 13.4. The van der Waals surface area contributed by atoms with Crippen LogP contribution in [0.25, 0.3) is 6.08 Å². The van der Waals surface area contributed by atoms with Crippen LogP contribution in [-0.4, -0.2) is 27.0 Å². The van der Waals surface area contributed by atoms with E-state index in [9.17, 15) is 29.8 Å². The van der Waals surface area contributed by atoms with Crippen LogP contribution in [0.3, 0.4) is 0 Å². The molecule has 13 heteroatoms. The minimum absolute atomic E-state index is 0.152. The van der Waals surface area contributed by atoms with Gasteiger partial charge in [0.05, 0.1) is 44.4 Å². The van der Waals surface area contributed by atoms with Gasteiger partial charge in [-0.15, -0.1) is 0 Å². The van der Waals surface area contributed by atoms with Gasteiger partial charge in [0.1, 0.15) is 5.75 Å². The van der Waals surface area contributed by atoms with Crippen LogP contribution in [0.5, 0.6) is 11.5 Å². The molecule has 1 aliphatic heterocycles. The Morgan fingerprint density at radius 1 is 1.05 bits per heavy atom. The van der Waals surface area contributed by atoms with Gasteiger partial charge < -0.3 is 9.47 Å². The Hall–Kier alpha value is -5.43. The van der Waals surface area contributed by atoms with E-state index >= 15 is 0 Å².